The highest BCUT2D eigenvalue weighted by Gasteiger charge is 2.28. The largest absolute Gasteiger partial charge is 0.481 e. The van der Waals surface area contributed by atoms with Crippen molar-refractivity contribution in [2.45, 2.75) is 71.4 Å². The minimum Gasteiger partial charge on any atom is -0.481 e. The average molecular weight is 298 g/mol. The molecule has 0 radical (unpaired) electrons. The summed E-state index contributed by atoms with van der Waals surface area (Å²) in [4.78, 5) is 24.8. The number of piperidine rings is 1. The van der Waals surface area contributed by atoms with E-state index >= 15 is 0 Å². The van der Waals surface area contributed by atoms with Crippen LogP contribution in [-0.4, -0.2) is 47.1 Å². The van der Waals surface area contributed by atoms with Gasteiger partial charge in [-0.25, -0.2) is 0 Å². The third-order valence-electron chi connectivity index (χ3n) is 4.42. The van der Waals surface area contributed by atoms with E-state index in [1.165, 1.54) is 6.42 Å². The van der Waals surface area contributed by atoms with Gasteiger partial charge in [-0.3, -0.25) is 9.59 Å². The Morgan fingerprint density at radius 3 is 2.43 bits per heavy atom. The smallest absolute Gasteiger partial charge is 0.303 e. The van der Waals surface area contributed by atoms with Crippen molar-refractivity contribution in [2.24, 2.45) is 5.92 Å². The molecule has 1 heterocycles. The van der Waals surface area contributed by atoms with Gasteiger partial charge in [-0.05, 0) is 58.4 Å². The van der Waals surface area contributed by atoms with Gasteiger partial charge in [0.05, 0.1) is 6.54 Å². The summed E-state index contributed by atoms with van der Waals surface area (Å²) < 4.78 is 0. The summed E-state index contributed by atoms with van der Waals surface area (Å²) >= 11 is 0. The molecule has 2 N–H and O–H groups in total. The van der Waals surface area contributed by atoms with Crippen molar-refractivity contribution < 1.29 is 14.7 Å². The van der Waals surface area contributed by atoms with Crippen LogP contribution in [0.5, 0.6) is 0 Å². The summed E-state index contributed by atoms with van der Waals surface area (Å²) in [6, 6.07) is 0.690. The molecule has 1 aliphatic heterocycles. The second-order valence-electron chi connectivity index (χ2n) is 6.43. The molecule has 1 fully saturated rings. The second-order valence-corrected chi connectivity index (χ2v) is 6.43. The Balaban J connectivity index is 2.19. The number of carbonyl (C=O) groups excluding carboxylic acids is 1. The average Bonchev–Trinajstić information content (AvgIpc) is 2.41. The van der Waals surface area contributed by atoms with Crippen molar-refractivity contribution in [3.8, 4) is 0 Å². The summed E-state index contributed by atoms with van der Waals surface area (Å²) in [6.07, 6.45) is 5.24. The highest BCUT2D eigenvalue weighted by atomic mass is 16.4. The highest BCUT2D eigenvalue weighted by Crippen LogP contribution is 2.22. The zero-order valence-corrected chi connectivity index (χ0v) is 13.6. The van der Waals surface area contributed by atoms with Gasteiger partial charge in [0.2, 0.25) is 5.91 Å². The molecule has 122 valence electrons. The van der Waals surface area contributed by atoms with Gasteiger partial charge < -0.3 is 15.3 Å². The Morgan fingerprint density at radius 1 is 1.24 bits per heavy atom. The second kappa shape index (κ2) is 9.03. The molecule has 21 heavy (non-hydrogen) atoms. The van der Waals surface area contributed by atoms with Crippen molar-refractivity contribution in [1.82, 2.24) is 10.2 Å². The molecular weight excluding hydrogens is 268 g/mol. The van der Waals surface area contributed by atoms with E-state index in [-0.39, 0.29) is 12.3 Å². The van der Waals surface area contributed by atoms with E-state index < -0.39 is 5.97 Å². The lowest BCUT2D eigenvalue weighted by Crippen LogP contribution is -2.50. The third kappa shape index (κ3) is 6.46. The normalized spacial score (nSPS) is 23.9. The molecule has 0 aromatic heterocycles. The van der Waals surface area contributed by atoms with Crippen LogP contribution in [0.25, 0.3) is 0 Å². The van der Waals surface area contributed by atoms with E-state index in [2.05, 4.69) is 26.1 Å². The van der Waals surface area contributed by atoms with Crippen LogP contribution in [0.15, 0.2) is 0 Å². The molecule has 1 amide bonds. The fourth-order valence-corrected chi connectivity index (χ4v) is 3.06. The monoisotopic (exact) mass is 298 g/mol. The molecule has 5 heteroatoms. The molecule has 1 aliphatic rings. The number of rotatable bonds is 8. The van der Waals surface area contributed by atoms with Gasteiger partial charge in [0.25, 0.3) is 0 Å². The lowest BCUT2D eigenvalue weighted by atomic mass is 9.97. The number of likely N-dealkylation sites (tertiary alicyclic amines) is 1. The summed E-state index contributed by atoms with van der Waals surface area (Å²) in [7, 11) is 0. The van der Waals surface area contributed by atoms with E-state index in [9.17, 15) is 9.59 Å². The van der Waals surface area contributed by atoms with Crippen LogP contribution in [0.2, 0.25) is 0 Å². The van der Waals surface area contributed by atoms with Crippen LogP contribution >= 0.6 is 0 Å². The first-order valence-corrected chi connectivity index (χ1v) is 8.15. The topological polar surface area (TPSA) is 69.6 Å². The zero-order chi connectivity index (χ0) is 15.8. The summed E-state index contributed by atoms with van der Waals surface area (Å²) in [5.74, 6) is -0.178. The summed E-state index contributed by atoms with van der Waals surface area (Å²) in [6.45, 7) is 7.47. The molecule has 0 aliphatic carbocycles. The van der Waals surface area contributed by atoms with Gasteiger partial charge >= 0.3 is 5.97 Å². The van der Waals surface area contributed by atoms with Gasteiger partial charge in [0.1, 0.15) is 0 Å². The Bertz CT molecular complexity index is 336. The van der Waals surface area contributed by atoms with E-state index in [0.717, 1.165) is 25.8 Å². The Kier molecular flexibility index (Phi) is 7.72. The first-order chi connectivity index (χ1) is 9.91. The number of nitrogens with one attached hydrogen (secondary N) is 1. The van der Waals surface area contributed by atoms with Crippen LogP contribution in [0.1, 0.15) is 59.3 Å². The predicted octanol–water partition coefficient (Wildman–Crippen LogP) is 2.26. The minimum absolute atomic E-state index is 0.188. The summed E-state index contributed by atoms with van der Waals surface area (Å²) in [5.41, 5.74) is 0. The van der Waals surface area contributed by atoms with Crippen molar-refractivity contribution in [1.29, 1.82) is 0 Å². The minimum atomic E-state index is -0.738. The quantitative estimate of drug-likeness (QED) is 0.674. The predicted molar refractivity (Wildman–Crippen MR) is 83.1 cm³/mol. The number of amides is 1. The molecule has 0 aromatic carbocycles. The number of aliphatic carboxylic acids is 1. The number of carboxylic acid groups (broad SMARTS) is 1. The Hall–Kier alpha value is -1.10. The van der Waals surface area contributed by atoms with E-state index in [1.807, 2.05) is 4.90 Å². The SMILES string of the molecule is CC(CCNCC(=O)N1C(C)CCCC1C)CCC(=O)O. The van der Waals surface area contributed by atoms with Crippen molar-refractivity contribution in [3.63, 3.8) is 0 Å². The molecule has 0 aromatic rings. The number of hydrogen-bond acceptors (Lipinski definition) is 3. The molecule has 1 saturated heterocycles. The van der Waals surface area contributed by atoms with Crippen LogP contribution in [-0.2, 0) is 9.59 Å². The molecule has 0 spiro atoms. The molecule has 0 bridgehead atoms. The molecule has 1 rings (SSSR count). The molecule has 5 nitrogen and oxygen atoms in total. The fourth-order valence-electron chi connectivity index (χ4n) is 3.06. The number of carboxylic acids is 1. The van der Waals surface area contributed by atoms with Gasteiger partial charge in [-0.15, -0.1) is 0 Å². The molecule has 3 atom stereocenters. The van der Waals surface area contributed by atoms with Crippen LogP contribution in [0.4, 0.5) is 0 Å². The van der Waals surface area contributed by atoms with Crippen LogP contribution in [0.3, 0.4) is 0 Å². The van der Waals surface area contributed by atoms with Crippen LogP contribution < -0.4 is 5.32 Å². The van der Waals surface area contributed by atoms with E-state index in [1.54, 1.807) is 0 Å². The molecular formula is C16H30N2O3. The van der Waals surface area contributed by atoms with E-state index in [0.29, 0.717) is 31.0 Å². The maximum atomic E-state index is 12.3. The zero-order valence-electron chi connectivity index (χ0n) is 13.6. The number of nitrogens with zero attached hydrogens (tertiary/aromatic N) is 1. The van der Waals surface area contributed by atoms with Crippen LogP contribution in [0, 0.1) is 5.92 Å². The maximum absolute atomic E-state index is 12.3. The number of hydrogen-bond donors (Lipinski definition) is 2. The molecule has 0 saturated carbocycles. The maximum Gasteiger partial charge on any atom is 0.303 e. The summed E-state index contributed by atoms with van der Waals surface area (Å²) in [5, 5.41) is 11.8. The lowest BCUT2D eigenvalue weighted by molar-refractivity contribution is -0.137. The fraction of sp³-hybridized carbons (Fsp3) is 0.875. The van der Waals surface area contributed by atoms with Crippen molar-refractivity contribution >= 4 is 11.9 Å². The van der Waals surface area contributed by atoms with Gasteiger partial charge in [-0.2, -0.15) is 0 Å². The first-order valence-electron chi connectivity index (χ1n) is 8.15. The van der Waals surface area contributed by atoms with Gasteiger partial charge in [0.15, 0.2) is 0 Å². The van der Waals surface area contributed by atoms with Gasteiger partial charge in [0, 0.05) is 18.5 Å². The first kappa shape index (κ1) is 18.0. The van der Waals surface area contributed by atoms with Crippen molar-refractivity contribution in [3.05, 3.63) is 0 Å². The van der Waals surface area contributed by atoms with Gasteiger partial charge in [-0.1, -0.05) is 6.92 Å². The van der Waals surface area contributed by atoms with E-state index in [4.69, 9.17) is 5.11 Å². The third-order valence-corrected chi connectivity index (χ3v) is 4.42. The highest BCUT2D eigenvalue weighted by molar-refractivity contribution is 5.79. The Morgan fingerprint density at radius 2 is 1.86 bits per heavy atom. The molecule has 3 unspecified atom stereocenters. The lowest BCUT2D eigenvalue weighted by Gasteiger charge is -2.39. The number of carbonyl (C=O) groups is 2. The van der Waals surface area contributed by atoms with Crippen molar-refractivity contribution in [2.75, 3.05) is 13.1 Å². The standard InChI is InChI=1S/C16H30N2O3/c1-12(7-8-16(20)21)9-10-17-11-15(19)18-13(2)5-4-6-14(18)3/h12-14,17H,4-11H2,1-3H3,(H,20,21). The Labute approximate surface area is 128 Å².